The van der Waals surface area contributed by atoms with Crippen molar-refractivity contribution in [1.82, 2.24) is 9.80 Å². The summed E-state index contributed by atoms with van der Waals surface area (Å²) in [5, 5.41) is 17.9. The van der Waals surface area contributed by atoms with Crippen molar-refractivity contribution in [2.75, 3.05) is 31.5 Å². The zero-order valence-corrected chi connectivity index (χ0v) is 19.7. The SMILES string of the molecule is Cc1cc(NC(=O)c2ccc(C3=CCN(C(=N)N)CC3)c(F)c2)ccc1C1=CCN(C(=N)N)CC1. The second-order valence-corrected chi connectivity index (χ2v) is 8.80. The fraction of sp³-hybridized carbons (Fsp3) is 0.269. The standard InChI is InChI=1S/C26H30FN7O/c1-16-14-20(3-5-21(16)17-6-10-33(11-7-17)25(28)29)32-24(35)19-2-4-22(23(27)15-19)18-8-12-34(13-9-18)26(30)31/h2-6,8,14-15H,7,9-13H2,1H3,(H3,28,29)(H3,30,31)(H,32,35). The summed E-state index contributed by atoms with van der Waals surface area (Å²) in [5.74, 6) is -0.742. The highest BCUT2D eigenvalue weighted by Gasteiger charge is 2.19. The van der Waals surface area contributed by atoms with Gasteiger partial charge >= 0.3 is 0 Å². The lowest BCUT2D eigenvalue weighted by Gasteiger charge is -2.27. The largest absolute Gasteiger partial charge is 0.370 e. The Morgan fingerprint density at radius 3 is 1.97 bits per heavy atom. The lowest BCUT2D eigenvalue weighted by atomic mass is 9.95. The lowest BCUT2D eigenvalue weighted by Crippen LogP contribution is -2.39. The summed E-state index contributed by atoms with van der Waals surface area (Å²) >= 11 is 0. The Hall–Kier alpha value is -4.14. The topological polar surface area (TPSA) is 135 Å². The molecule has 8 nitrogen and oxygen atoms in total. The van der Waals surface area contributed by atoms with Gasteiger partial charge in [-0.25, -0.2) is 4.39 Å². The first-order chi connectivity index (χ1) is 16.7. The smallest absolute Gasteiger partial charge is 0.255 e. The molecule has 2 aromatic carbocycles. The predicted molar refractivity (Wildman–Crippen MR) is 138 cm³/mol. The number of carbonyl (C=O) groups excluding carboxylic acids is 1. The molecule has 2 aliphatic rings. The summed E-state index contributed by atoms with van der Waals surface area (Å²) in [7, 11) is 0. The molecule has 4 rings (SSSR count). The van der Waals surface area contributed by atoms with E-state index in [1.54, 1.807) is 17.0 Å². The highest BCUT2D eigenvalue weighted by Crippen LogP contribution is 2.28. The van der Waals surface area contributed by atoms with Crippen LogP contribution in [0.5, 0.6) is 0 Å². The Kier molecular flexibility index (Phi) is 6.86. The van der Waals surface area contributed by atoms with Crippen LogP contribution in [0.25, 0.3) is 11.1 Å². The highest BCUT2D eigenvalue weighted by atomic mass is 19.1. The zero-order valence-electron chi connectivity index (χ0n) is 19.7. The number of guanidine groups is 2. The summed E-state index contributed by atoms with van der Waals surface area (Å²) in [6.45, 7) is 4.32. The van der Waals surface area contributed by atoms with Crippen LogP contribution in [0.4, 0.5) is 10.1 Å². The van der Waals surface area contributed by atoms with E-state index < -0.39 is 5.82 Å². The van der Waals surface area contributed by atoms with Crippen LogP contribution < -0.4 is 16.8 Å². The van der Waals surface area contributed by atoms with Crippen molar-refractivity contribution in [3.05, 3.63) is 76.6 Å². The second-order valence-electron chi connectivity index (χ2n) is 8.80. The van der Waals surface area contributed by atoms with Crippen LogP contribution in [-0.2, 0) is 0 Å². The van der Waals surface area contributed by atoms with E-state index in [-0.39, 0.29) is 23.4 Å². The number of aryl methyl sites for hydroxylation is 1. The summed E-state index contributed by atoms with van der Waals surface area (Å²) in [4.78, 5) is 16.3. The quantitative estimate of drug-likeness (QED) is 0.341. The maximum atomic E-state index is 14.9. The number of nitrogens with one attached hydrogen (secondary N) is 3. The molecule has 0 saturated heterocycles. The Balaban J connectivity index is 1.44. The lowest BCUT2D eigenvalue weighted by molar-refractivity contribution is 0.102. The molecule has 0 aromatic heterocycles. The van der Waals surface area contributed by atoms with E-state index in [4.69, 9.17) is 22.3 Å². The van der Waals surface area contributed by atoms with Gasteiger partial charge in [0.05, 0.1) is 0 Å². The summed E-state index contributed by atoms with van der Waals surface area (Å²) in [6, 6.07) is 10.2. The Bertz CT molecular complexity index is 1250. The number of halogens is 1. The molecule has 0 unspecified atom stereocenters. The van der Waals surface area contributed by atoms with Gasteiger partial charge in [0.2, 0.25) is 0 Å². The molecule has 0 radical (unpaired) electrons. The number of nitrogens with zero attached hydrogens (tertiary/aromatic N) is 2. The monoisotopic (exact) mass is 475 g/mol. The van der Waals surface area contributed by atoms with Gasteiger partial charge in [0.1, 0.15) is 5.82 Å². The number of hydrogen-bond acceptors (Lipinski definition) is 3. The molecule has 0 aliphatic carbocycles. The molecule has 2 aromatic rings. The van der Waals surface area contributed by atoms with Crippen LogP contribution in [0.1, 0.15) is 39.9 Å². The van der Waals surface area contributed by atoms with Crippen LogP contribution >= 0.6 is 0 Å². The molecule has 0 saturated carbocycles. The molecule has 0 spiro atoms. The fourth-order valence-corrected chi connectivity index (χ4v) is 4.49. The van der Waals surface area contributed by atoms with E-state index in [0.717, 1.165) is 23.1 Å². The third-order valence-corrected chi connectivity index (χ3v) is 6.51. The first-order valence-electron chi connectivity index (χ1n) is 11.5. The molecule has 1 amide bonds. The van der Waals surface area contributed by atoms with Crippen LogP contribution in [0, 0.1) is 23.6 Å². The first kappa shape index (κ1) is 24.0. The molecule has 9 heteroatoms. The number of amides is 1. The van der Waals surface area contributed by atoms with Gasteiger partial charge in [-0.2, -0.15) is 0 Å². The Morgan fingerprint density at radius 1 is 0.914 bits per heavy atom. The van der Waals surface area contributed by atoms with E-state index in [0.29, 0.717) is 43.9 Å². The van der Waals surface area contributed by atoms with Gasteiger partial charge in [-0.05, 0) is 66.3 Å². The van der Waals surface area contributed by atoms with Crippen LogP contribution in [-0.4, -0.2) is 53.8 Å². The zero-order chi connectivity index (χ0) is 25.1. The van der Waals surface area contributed by atoms with Crippen LogP contribution in [0.15, 0.2) is 48.6 Å². The Labute approximate surface area is 204 Å². The number of rotatable bonds is 4. The van der Waals surface area contributed by atoms with E-state index >= 15 is 0 Å². The normalized spacial score (nSPS) is 15.8. The molecule has 0 atom stereocenters. The van der Waals surface area contributed by atoms with Crippen LogP contribution in [0.2, 0.25) is 0 Å². The maximum Gasteiger partial charge on any atom is 0.255 e. The maximum absolute atomic E-state index is 14.9. The number of carbonyl (C=O) groups is 1. The molecule has 7 N–H and O–H groups in total. The van der Waals surface area contributed by atoms with Crippen molar-refractivity contribution < 1.29 is 9.18 Å². The third kappa shape index (κ3) is 5.34. The van der Waals surface area contributed by atoms with Gasteiger partial charge in [-0.3, -0.25) is 15.6 Å². The minimum Gasteiger partial charge on any atom is -0.370 e. The first-order valence-corrected chi connectivity index (χ1v) is 11.5. The van der Waals surface area contributed by atoms with Crippen molar-refractivity contribution in [2.45, 2.75) is 19.8 Å². The summed E-state index contributed by atoms with van der Waals surface area (Å²) < 4.78 is 14.9. The minimum atomic E-state index is -0.449. The molecular weight excluding hydrogens is 445 g/mol. The highest BCUT2D eigenvalue weighted by molar-refractivity contribution is 6.04. The molecule has 2 aliphatic heterocycles. The Morgan fingerprint density at radius 2 is 1.49 bits per heavy atom. The molecule has 2 heterocycles. The van der Waals surface area contributed by atoms with Crippen molar-refractivity contribution in [1.29, 1.82) is 10.8 Å². The van der Waals surface area contributed by atoms with Gasteiger partial charge in [0, 0.05) is 43.0 Å². The molecule has 0 bridgehead atoms. The van der Waals surface area contributed by atoms with Gasteiger partial charge in [-0.1, -0.05) is 24.3 Å². The van der Waals surface area contributed by atoms with E-state index in [2.05, 4.69) is 11.4 Å². The third-order valence-electron chi connectivity index (χ3n) is 6.51. The van der Waals surface area contributed by atoms with Gasteiger partial charge in [0.15, 0.2) is 11.9 Å². The molecule has 35 heavy (non-hydrogen) atoms. The second kappa shape index (κ2) is 10.0. The summed E-state index contributed by atoms with van der Waals surface area (Å²) in [5.41, 5.74) is 16.6. The summed E-state index contributed by atoms with van der Waals surface area (Å²) in [6.07, 6.45) is 5.32. The number of nitrogens with two attached hydrogens (primary N) is 2. The van der Waals surface area contributed by atoms with Crippen molar-refractivity contribution >= 4 is 34.7 Å². The minimum absolute atomic E-state index is 0.00570. The molecule has 0 fully saturated rings. The molecule has 182 valence electrons. The van der Waals surface area contributed by atoms with Gasteiger partial charge in [-0.15, -0.1) is 0 Å². The average Bonchev–Trinajstić information content (AvgIpc) is 2.84. The molecular formula is C26H30FN7O. The van der Waals surface area contributed by atoms with Crippen LogP contribution in [0.3, 0.4) is 0 Å². The average molecular weight is 476 g/mol. The van der Waals surface area contributed by atoms with E-state index in [9.17, 15) is 9.18 Å². The number of hydrogen-bond donors (Lipinski definition) is 5. The van der Waals surface area contributed by atoms with Gasteiger partial charge < -0.3 is 26.6 Å². The van der Waals surface area contributed by atoms with Crippen molar-refractivity contribution in [3.63, 3.8) is 0 Å². The van der Waals surface area contributed by atoms with Crippen molar-refractivity contribution in [2.24, 2.45) is 11.5 Å². The predicted octanol–water partition coefficient (Wildman–Crippen LogP) is 3.35. The van der Waals surface area contributed by atoms with Crippen molar-refractivity contribution in [3.8, 4) is 0 Å². The number of benzene rings is 2. The fourth-order valence-electron chi connectivity index (χ4n) is 4.49. The van der Waals surface area contributed by atoms with Gasteiger partial charge in [0.25, 0.3) is 5.91 Å². The van der Waals surface area contributed by atoms with E-state index in [1.807, 2.05) is 36.1 Å². The van der Waals surface area contributed by atoms with E-state index in [1.165, 1.54) is 11.6 Å². The number of anilines is 1.